The zero-order valence-corrected chi connectivity index (χ0v) is 14.7. The zero-order chi connectivity index (χ0) is 17.7. The number of ether oxygens (including phenoxy) is 3. The summed E-state index contributed by atoms with van der Waals surface area (Å²) in [5.41, 5.74) is 2.68. The molecule has 0 fully saturated rings. The van der Waals surface area contributed by atoms with Gasteiger partial charge in [-0.1, -0.05) is 17.7 Å². The van der Waals surface area contributed by atoms with Crippen LogP contribution < -0.4 is 19.5 Å². The molecule has 0 heterocycles. The van der Waals surface area contributed by atoms with Crippen molar-refractivity contribution < 1.29 is 19.0 Å². The SMILES string of the molecule is COc1ccc(OC)c(NC(=O)[C@H](C)Oc2ccc(C)cc2C)c1. The van der Waals surface area contributed by atoms with Crippen LogP contribution in [0.2, 0.25) is 0 Å². The lowest BCUT2D eigenvalue weighted by Crippen LogP contribution is -2.30. The van der Waals surface area contributed by atoms with Crippen LogP contribution in [0.1, 0.15) is 18.1 Å². The molecule has 5 heteroatoms. The highest BCUT2D eigenvalue weighted by Gasteiger charge is 2.18. The summed E-state index contributed by atoms with van der Waals surface area (Å²) in [5.74, 6) is 1.62. The van der Waals surface area contributed by atoms with Gasteiger partial charge in [0.05, 0.1) is 19.9 Å². The molecule has 2 aromatic rings. The summed E-state index contributed by atoms with van der Waals surface area (Å²) in [6.07, 6.45) is -0.651. The van der Waals surface area contributed by atoms with Crippen molar-refractivity contribution >= 4 is 11.6 Å². The molecule has 5 nitrogen and oxygen atoms in total. The van der Waals surface area contributed by atoms with E-state index in [1.807, 2.05) is 32.0 Å². The molecule has 1 N–H and O–H groups in total. The number of amides is 1. The van der Waals surface area contributed by atoms with E-state index >= 15 is 0 Å². The van der Waals surface area contributed by atoms with Crippen LogP contribution in [-0.2, 0) is 4.79 Å². The molecule has 1 amide bonds. The molecule has 2 aromatic carbocycles. The fourth-order valence-corrected chi connectivity index (χ4v) is 2.32. The lowest BCUT2D eigenvalue weighted by Gasteiger charge is -2.18. The van der Waals surface area contributed by atoms with E-state index < -0.39 is 6.10 Å². The van der Waals surface area contributed by atoms with E-state index in [1.165, 1.54) is 0 Å². The van der Waals surface area contributed by atoms with E-state index in [1.54, 1.807) is 39.3 Å². The minimum Gasteiger partial charge on any atom is -0.497 e. The first-order valence-corrected chi connectivity index (χ1v) is 7.71. The van der Waals surface area contributed by atoms with Gasteiger partial charge in [-0.15, -0.1) is 0 Å². The number of hydrogen-bond acceptors (Lipinski definition) is 4. The Morgan fingerprint density at radius 3 is 2.33 bits per heavy atom. The van der Waals surface area contributed by atoms with Gasteiger partial charge in [0.2, 0.25) is 0 Å². The van der Waals surface area contributed by atoms with Gasteiger partial charge < -0.3 is 19.5 Å². The Hall–Kier alpha value is -2.69. The standard InChI is InChI=1S/C19H23NO4/c1-12-6-8-17(13(2)10-12)24-14(3)19(21)20-16-11-15(22-4)7-9-18(16)23-5/h6-11,14H,1-5H3,(H,20,21)/t14-/m0/s1. The summed E-state index contributed by atoms with van der Waals surface area (Å²) in [6.45, 7) is 5.68. The molecule has 0 aliphatic rings. The fraction of sp³-hybridized carbons (Fsp3) is 0.316. The summed E-state index contributed by atoms with van der Waals surface area (Å²) in [6, 6.07) is 11.1. The van der Waals surface area contributed by atoms with Gasteiger partial charge in [-0.05, 0) is 44.5 Å². The maximum Gasteiger partial charge on any atom is 0.265 e. The highest BCUT2D eigenvalue weighted by atomic mass is 16.5. The van der Waals surface area contributed by atoms with Crippen LogP contribution in [-0.4, -0.2) is 26.2 Å². The molecule has 128 valence electrons. The zero-order valence-electron chi connectivity index (χ0n) is 14.7. The predicted molar refractivity (Wildman–Crippen MR) is 94.2 cm³/mol. The number of anilines is 1. The highest BCUT2D eigenvalue weighted by Crippen LogP contribution is 2.29. The normalized spacial score (nSPS) is 11.5. The van der Waals surface area contributed by atoms with Crippen LogP contribution in [0, 0.1) is 13.8 Å². The van der Waals surface area contributed by atoms with Crippen LogP contribution >= 0.6 is 0 Å². The second-order valence-corrected chi connectivity index (χ2v) is 5.58. The summed E-state index contributed by atoms with van der Waals surface area (Å²) < 4.78 is 16.2. The van der Waals surface area contributed by atoms with E-state index in [0.29, 0.717) is 22.9 Å². The quantitative estimate of drug-likeness (QED) is 0.877. The molecule has 0 unspecified atom stereocenters. The van der Waals surface area contributed by atoms with E-state index in [9.17, 15) is 4.79 Å². The van der Waals surface area contributed by atoms with Crippen molar-refractivity contribution in [1.82, 2.24) is 0 Å². The van der Waals surface area contributed by atoms with E-state index in [-0.39, 0.29) is 5.91 Å². The Morgan fingerprint density at radius 1 is 1.00 bits per heavy atom. The second kappa shape index (κ2) is 7.73. The lowest BCUT2D eigenvalue weighted by atomic mass is 10.1. The molecule has 0 saturated carbocycles. The smallest absolute Gasteiger partial charge is 0.265 e. The highest BCUT2D eigenvalue weighted by molar-refractivity contribution is 5.95. The second-order valence-electron chi connectivity index (χ2n) is 5.58. The van der Waals surface area contributed by atoms with Crippen molar-refractivity contribution in [2.24, 2.45) is 0 Å². The van der Waals surface area contributed by atoms with E-state index in [2.05, 4.69) is 5.32 Å². The van der Waals surface area contributed by atoms with Crippen LogP contribution in [0.4, 0.5) is 5.69 Å². The summed E-state index contributed by atoms with van der Waals surface area (Å²) in [5, 5.41) is 2.82. The van der Waals surface area contributed by atoms with Gasteiger partial charge in [0, 0.05) is 6.07 Å². The maximum absolute atomic E-state index is 12.4. The number of carbonyl (C=O) groups excluding carboxylic acids is 1. The Morgan fingerprint density at radius 2 is 1.71 bits per heavy atom. The molecule has 2 rings (SSSR count). The number of rotatable bonds is 6. The average Bonchev–Trinajstić information content (AvgIpc) is 2.57. The molecule has 1 atom stereocenters. The number of hydrogen-bond donors (Lipinski definition) is 1. The minimum atomic E-state index is -0.651. The Balaban J connectivity index is 2.11. The first-order valence-electron chi connectivity index (χ1n) is 7.71. The average molecular weight is 329 g/mol. The topological polar surface area (TPSA) is 56.8 Å². The van der Waals surface area contributed by atoms with Crippen molar-refractivity contribution in [3.05, 3.63) is 47.5 Å². The van der Waals surface area contributed by atoms with Gasteiger partial charge in [-0.3, -0.25) is 4.79 Å². The van der Waals surface area contributed by atoms with E-state index in [4.69, 9.17) is 14.2 Å². The number of aryl methyl sites for hydroxylation is 2. The van der Waals surface area contributed by atoms with Gasteiger partial charge in [0.15, 0.2) is 6.10 Å². The molecule has 0 saturated heterocycles. The third-order valence-corrected chi connectivity index (χ3v) is 3.67. The molecule has 0 aliphatic heterocycles. The number of nitrogens with one attached hydrogen (secondary N) is 1. The summed E-state index contributed by atoms with van der Waals surface area (Å²) >= 11 is 0. The molecular weight excluding hydrogens is 306 g/mol. The van der Waals surface area contributed by atoms with Gasteiger partial charge in [-0.2, -0.15) is 0 Å². The van der Waals surface area contributed by atoms with Crippen molar-refractivity contribution in [2.45, 2.75) is 26.9 Å². The van der Waals surface area contributed by atoms with Crippen molar-refractivity contribution in [1.29, 1.82) is 0 Å². The van der Waals surface area contributed by atoms with Crippen molar-refractivity contribution in [3.63, 3.8) is 0 Å². The van der Waals surface area contributed by atoms with E-state index in [0.717, 1.165) is 11.1 Å². The van der Waals surface area contributed by atoms with Crippen LogP contribution in [0.15, 0.2) is 36.4 Å². The Labute approximate surface area is 142 Å². The number of carbonyl (C=O) groups is 1. The molecule has 0 radical (unpaired) electrons. The summed E-state index contributed by atoms with van der Waals surface area (Å²) in [4.78, 5) is 12.4. The maximum atomic E-state index is 12.4. The van der Waals surface area contributed by atoms with Gasteiger partial charge >= 0.3 is 0 Å². The monoisotopic (exact) mass is 329 g/mol. The number of benzene rings is 2. The van der Waals surface area contributed by atoms with Gasteiger partial charge in [-0.25, -0.2) is 0 Å². The first kappa shape index (κ1) is 17.7. The van der Waals surface area contributed by atoms with Gasteiger partial charge in [0.25, 0.3) is 5.91 Å². The van der Waals surface area contributed by atoms with Gasteiger partial charge in [0.1, 0.15) is 17.2 Å². The van der Waals surface area contributed by atoms with Crippen molar-refractivity contribution in [2.75, 3.05) is 19.5 Å². The fourth-order valence-electron chi connectivity index (χ4n) is 2.32. The largest absolute Gasteiger partial charge is 0.497 e. The van der Waals surface area contributed by atoms with Crippen LogP contribution in [0.25, 0.3) is 0 Å². The Kier molecular flexibility index (Phi) is 5.68. The summed E-state index contributed by atoms with van der Waals surface area (Å²) in [7, 11) is 3.12. The first-order chi connectivity index (χ1) is 11.4. The molecular formula is C19H23NO4. The molecule has 0 bridgehead atoms. The lowest BCUT2D eigenvalue weighted by molar-refractivity contribution is -0.122. The van der Waals surface area contributed by atoms with Crippen molar-refractivity contribution in [3.8, 4) is 17.2 Å². The van der Waals surface area contributed by atoms with Crippen LogP contribution in [0.3, 0.4) is 0 Å². The van der Waals surface area contributed by atoms with Crippen LogP contribution in [0.5, 0.6) is 17.2 Å². The molecule has 0 aliphatic carbocycles. The molecule has 0 aromatic heterocycles. The minimum absolute atomic E-state index is 0.262. The number of methoxy groups -OCH3 is 2. The molecule has 0 spiro atoms. The third kappa shape index (κ3) is 4.19. The molecule has 24 heavy (non-hydrogen) atoms. The Bertz CT molecular complexity index is 727. The third-order valence-electron chi connectivity index (χ3n) is 3.67. The predicted octanol–water partition coefficient (Wildman–Crippen LogP) is 3.73.